The first-order valence-electron chi connectivity index (χ1n) is 6.09. The number of nitrogens with zero attached hydrogens (tertiary/aromatic N) is 1. The Balaban J connectivity index is -0.000000132. The van der Waals surface area contributed by atoms with Gasteiger partial charge in [0.15, 0.2) is 0 Å². The third-order valence-corrected chi connectivity index (χ3v) is 1.34. The predicted molar refractivity (Wildman–Crippen MR) is 81.5 cm³/mol. The van der Waals surface area contributed by atoms with Crippen molar-refractivity contribution < 1.29 is 51.8 Å². The van der Waals surface area contributed by atoms with E-state index in [2.05, 4.69) is 43.3 Å². The third-order valence-electron chi connectivity index (χ3n) is 1.34. The van der Waals surface area contributed by atoms with Crippen LogP contribution in [0.5, 0.6) is 0 Å². The summed E-state index contributed by atoms with van der Waals surface area (Å²) in [5.74, 6) is 0. The van der Waals surface area contributed by atoms with Gasteiger partial charge in [0.2, 0.25) is 0 Å². The van der Waals surface area contributed by atoms with Gasteiger partial charge in [-0.1, -0.05) is 30.3 Å². The molecule has 0 aliphatic heterocycles. The Hall–Kier alpha value is 0.171. The monoisotopic (exact) mass is 436 g/mol. The summed E-state index contributed by atoms with van der Waals surface area (Å²) < 4.78 is 117. The average molecular weight is 436 g/mol. The fourth-order valence-electron chi connectivity index (χ4n) is 0.949. The van der Waals surface area contributed by atoms with Crippen LogP contribution in [0, 0.1) is 0 Å². The number of rotatable bonds is 2. The first-order chi connectivity index (χ1) is 10.8. The van der Waals surface area contributed by atoms with Crippen molar-refractivity contribution in [2.24, 2.45) is 0 Å². The van der Waals surface area contributed by atoms with Crippen LogP contribution < -0.4 is 0 Å². The molecule has 0 heterocycles. The van der Waals surface area contributed by atoms with Gasteiger partial charge in [-0.15, -0.1) is 0 Å². The zero-order valence-electron chi connectivity index (χ0n) is 12.8. The van der Waals surface area contributed by atoms with E-state index in [0.717, 1.165) is 6.54 Å². The molecule has 152 valence electrons. The second kappa shape index (κ2) is 16.2. The maximum atomic E-state index is 9.75. The second-order valence-corrected chi connectivity index (χ2v) is 4.21. The molecular weight excluding hydrogens is 422 g/mol. The number of hydrogen-bond donors (Lipinski definition) is 0. The Morgan fingerprint density at radius 2 is 0.846 bits per heavy atom. The Kier molecular flexibility index (Phi) is 21.0. The second-order valence-electron chi connectivity index (χ2n) is 4.21. The van der Waals surface area contributed by atoms with Crippen molar-refractivity contribution in [1.82, 2.24) is 4.90 Å². The molecule has 0 saturated heterocycles. The molecule has 0 fully saturated rings. The molecule has 0 bridgehead atoms. The molecule has 0 unspecified atom stereocenters. The number of halogens is 12. The number of benzene rings is 1. The zero-order valence-corrected chi connectivity index (χ0v) is 12.8. The van der Waals surface area contributed by atoms with Crippen LogP contribution in [0.4, 0.5) is 51.8 Å². The Morgan fingerprint density at radius 3 is 1.04 bits per heavy atom. The summed E-state index contributed by atoms with van der Waals surface area (Å²) in [5.41, 5.74) is 1.37. The van der Waals surface area contributed by atoms with Gasteiger partial charge in [0, 0.05) is 6.54 Å². The van der Waals surface area contributed by atoms with Crippen LogP contribution in [0.2, 0.25) is 0 Å². The van der Waals surface area contributed by atoms with Crippen LogP contribution in [-0.4, -0.2) is 92.1 Å². The van der Waals surface area contributed by atoms with Gasteiger partial charge in [0.1, 0.15) is 0 Å². The van der Waals surface area contributed by atoms with Crippen molar-refractivity contribution in [3.8, 4) is 0 Å². The van der Waals surface area contributed by atoms with Gasteiger partial charge in [0.25, 0.3) is 0 Å². The average Bonchev–Trinajstić information content (AvgIpc) is 2.21. The van der Waals surface area contributed by atoms with Gasteiger partial charge in [-0.2, -0.15) is 0 Å². The van der Waals surface area contributed by atoms with E-state index in [1.165, 1.54) is 5.56 Å². The molecule has 0 N–H and O–H groups in total. The van der Waals surface area contributed by atoms with Crippen molar-refractivity contribution in [2.45, 2.75) is 6.54 Å². The van der Waals surface area contributed by atoms with Crippen molar-refractivity contribution >= 4 is 73.1 Å². The summed E-state index contributed by atoms with van der Waals surface area (Å²) in [6.07, 6.45) is 0. The van der Waals surface area contributed by atoms with Crippen LogP contribution in [-0.2, 0) is 6.54 Å². The molecule has 17 heteroatoms. The predicted octanol–water partition coefficient (Wildman–Crippen LogP) is 5.00. The molecule has 0 aromatic heterocycles. The van der Waals surface area contributed by atoms with Gasteiger partial charge in [-0.3, -0.25) is 0 Å². The summed E-state index contributed by atoms with van der Waals surface area (Å²) in [6.45, 7) is 1.03. The minimum atomic E-state index is -6.00. The Morgan fingerprint density at radius 1 is 0.615 bits per heavy atom. The van der Waals surface area contributed by atoms with E-state index in [9.17, 15) is 51.8 Å². The summed E-state index contributed by atoms with van der Waals surface area (Å²) in [4.78, 5) is 2.16. The van der Waals surface area contributed by atoms with Crippen LogP contribution in [0.15, 0.2) is 30.3 Å². The van der Waals surface area contributed by atoms with Gasteiger partial charge < -0.3 is 56.7 Å². The molecule has 26 heavy (non-hydrogen) atoms. The van der Waals surface area contributed by atoms with E-state index < -0.39 is 21.8 Å². The Bertz CT molecular complexity index is 376. The first kappa shape index (κ1) is 33.7. The summed E-state index contributed by atoms with van der Waals surface area (Å²) in [5, 5.41) is 0. The SMILES string of the molecule is CN(C)Cc1ccccc1.F[B-](F)(F)F.F[B-](F)(F)F.F[B-](F)(F)F.[KH]. The normalized spacial score (nSPS) is 10.9. The molecule has 0 amide bonds. The summed E-state index contributed by atoms with van der Waals surface area (Å²) in [7, 11) is -13.8. The molecule has 0 spiro atoms. The van der Waals surface area contributed by atoms with Gasteiger partial charge in [-0.25, -0.2) is 0 Å². The molecular formula is C9H14B3F12KN-3. The van der Waals surface area contributed by atoms with Crippen molar-refractivity contribution in [3.63, 3.8) is 0 Å². The summed E-state index contributed by atoms with van der Waals surface area (Å²) >= 11 is 0. The van der Waals surface area contributed by atoms with E-state index in [4.69, 9.17) is 0 Å². The molecule has 0 aliphatic rings. The zero-order chi connectivity index (χ0) is 20.9. The molecule has 0 atom stereocenters. The molecule has 0 radical (unpaired) electrons. The van der Waals surface area contributed by atoms with Gasteiger partial charge >= 0.3 is 73.1 Å². The van der Waals surface area contributed by atoms with Gasteiger partial charge in [-0.05, 0) is 19.7 Å². The fourth-order valence-corrected chi connectivity index (χ4v) is 0.949. The van der Waals surface area contributed by atoms with Crippen molar-refractivity contribution in [3.05, 3.63) is 35.9 Å². The van der Waals surface area contributed by atoms with E-state index in [1.807, 2.05) is 6.07 Å². The van der Waals surface area contributed by atoms with Crippen LogP contribution in [0.1, 0.15) is 5.56 Å². The van der Waals surface area contributed by atoms with Crippen LogP contribution in [0.3, 0.4) is 0 Å². The first-order valence-corrected chi connectivity index (χ1v) is 6.09. The minimum absolute atomic E-state index is 0. The fraction of sp³-hybridized carbons (Fsp3) is 0.333. The van der Waals surface area contributed by atoms with Crippen LogP contribution in [0.25, 0.3) is 0 Å². The van der Waals surface area contributed by atoms with Crippen LogP contribution >= 0.6 is 0 Å². The molecule has 0 saturated carbocycles. The van der Waals surface area contributed by atoms with Gasteiger partial charge in [0.05, 0.1) is 0 Å². The van der Waals surface area contributed by atoms with E-state index >= 15 is 0 Å². The van der Waals surface area contributed by atoms with E-state index in [1.54, 1.807) is 0 Å². The maximum absolute atomic E-state index is 9.75. The van der Waals surface area contributed by atoms with E-state index in [-0.39, 0.29) is 51.4 Å². The van der Waals surface area contributed by atoms with E-state index in [0.29, 0.717) is 0 Å². The number of hydrogen-bond acceptors (Lipinski definition) is 1. The topological polar surface area (TPSA) is 3.24 Å². The van der Waals surface area contributed by atoms with Crippen molar-refractivity contribution in [1.29, 1.82) is 0 Å². The standard InChI is InChI=1S/C9H13N.3BF4.K.H/c1-10(2)8-9-6-4-3-5-7-9;3*2-1(3,4)5;;/h3-7H,8H2,1-2H3;;;;;/q;3*-1;;. The Labute approximate surface area is 185 Å². The quantitative estimate of drug-likeness (QED) is 0.467. The van der Waals surface area contributed by atoms with Crippen molar-refractivity contribution in [2.75, 3.05) is 14.1 Å². The summed E-state index contributed by atoms with van der Waals surface area (Å²) in [6, 6.07) is 10.5. The molecule has 0 aliphatic carbocycles. The third kappa shape index (κ3) is 87.6. The molecule has 1 rings (SSSR count). The molecule has 1 aromatic carbocycles. The molecule has 1 aromatic rings. The molecule has 1 nitrogen and oxygen atoms in total.